The first kappa shape index (κ1) is 19.5. The number of aryl methyl sites for hydroxylation is 1. The van der Waals surface area contributed by atoms with E-state index >= 15 is 0 Å². The van der Waals surface area contributed by atoms with Crippen molar-refractivity contribution in [3.8, 4) is 0 Å². The predicted molar refractivity (Wildman–Crippen MR) is 105 cm³/mol. The van der Waals surface area contributed by atoms with E-state index in [1.807, 2.05) is 18.2 Å². The Labute approximate surface area is 159 Å². The van der Waals surface area contributed by atoms with Crippen LogP contribution in [0.15, 0.2) is 29.1 Å². The van der Waals surface area contributed by atoms with E-state index in [2.05, 4.69) is 34.0 Å². The van der Waals surface area contributed by atoms with Crippen LogP contribution in [0.2, 0.25) is 0 Å². The number of aromatic amines is 1. The molecule has 1 aliphatic heterocycles. The Bertz CT molecular complexity index is 827. The van der Waals surface area contributed by atoms with Gasteiger partial charge >= 0.3 is 0 Å². The number of rotatable bonds is 7. The molecule has 0 bridgehead atoms. The lowest BCUT2D eigenvalue weighted by Crippen LogP contribution is -2.51. The van der Waals surface area contributed by atoms with Gasteiger partial charge in [0.2, 0.25) is 5.91 Å². The van der Waals surface area contributed by atoms with Gasteiger partial charge in [-0.2, -0.15) is 0 Å². The Morgan fingerprint density at radius 3 is 2.78 bits per heavy atom. The largest absolute Gasteiger partial charge is 0.379 e. The average molecular weight is 372 g/mol. The number of ether oxygens (including phenoxy) is 1. The van der Waals surface area contributed by atoms with Crippen LogP contribution in [0.4, 0.5) is 0 Å². The fraction of sp³-hybridized carbons (Fsp3) is 0.550. The third-order valence-electron chi connectivity index (χ3n) is 5.04. The second kappa shape index (κ2) is 9.10. The van der Waals surface area contributed by atoms with Gasteiger partial charge in [-0.15, -0.1) is 0 Å². The molecule has 2 aromatic rings. The molecule has 1 aromatic carbocycles. The summed E-state index contributed by atoms with van der Waals surface area (Å²) in [5.41, 5.74) is 0.493. The summed E-state index contributed by atoms with van der Waals surface area (Å²) in [7, 11) is 0. The fourth-order valence-corrected chi connectivity index (χ4v) is 3.49. The molecule has 0 spiro atoms. The van der Waals surface area contributed by atoms with Crippen LogP contribution in [0.5, 0.6) is 0 Å². The van der Waals surface area contributed by atoms with Gasteiger partial charge in [-0.25, -0.2) is 4.98 Å². The molecule has 1 unspecified atom stereocenters. The Morgan fingerprint density at radius 2 is 2.04 bits per heavy atom. The third-order valence-corrected chi connectivity index (χ3v) is 5.04. The molecule has 1 saturated heterocycles. The Kier molecular flexibility index (Phi) is 6.58. The van der Waals surface area contributed by atoms with Crippen molar-refractivity contribution < 1.29 is 9.53 Å². The van der Waals surface area contributed by atoms with Gasteiger partial charge in [0.25, 0.3) is 5.56 Å². The summed E-state index contributed by atoms with van der Waals surface area (Å²) in [5.74, 6) is 0.967. The van der Waals surface area contributed by atoms with Crippen LogP contribution >= 0.6 is 0 Å². The molecule has 27 heavy (non-hydrogen) atoms. The maximum atomic E-state index is 12.3. The summed E-state index contributed by atoms with van der Waals surface area (Å²) in [5, 5.41) is 3.61. The number of benzene rings is 1. The maximum absolute atomic E-state index is 12.3. The molecule has 2 N–H and O–H groups in total. The monoisotopic (exact) mass is 372 g/mol. The van der Waals surface area contributed by atoms with Gasteiger partial charge in [-0.05, 0) is 18.1 Å². The van der Waals surface area contributed by atoms with E-state index in [-0.39, 0.29) is 11.5 Å². The van der Waals surface area contributed by atoms with Crippen LogP contribution in [0.3, 0.4) is 0 Å². The number of morpholine rings is 1. The number of H-pyrrole nitrogens is 1. The second-order valence-electron chi connectivity index (χ2n) is 7.29. The first-order valence-corrected chi connectivity index (χ1v) is 9.61. The van der Waals surface area contributed by atoms with E-state index in [9.17, 15) is 9.59 Å². The number of hydrogen-bond acceptors (Lipinski definition) is 5. The standard InChI is InChI=1S/C20H28N4O3/c1-14(2)17(24-9-11-27-12-10-24)13-21-19(25)8-7-18-22-16-6-4-3-5-15(16)20(26)23-18/h3-6,14,17H,7-13H2,1-2H3,(H,21,25)(H,22,23,26). The molecule has 0 aliphatic carbocycles. The van der Waals surface area contributed by atoms with Gasteiger partial charge in [0.05, 0.1) is 24.1 Å². The highest BCUT2D eigenvalue weighted by molar-refractivity contribution is 5.78. The van der Waals surface area contributed by atoms with Gasteiger partial charge in [-0.3, -0.25) is 14.5 Å². The lowest BCUT2D eigenvalue weighted by molar-refractivity contribution is -0.121. The highest BCUT2D eigenvalue weighted by Gasteiger charge is 2.24. The van der Waals surface area contributed by atoms with Gasteiger partial charge < -0.3 is 15.0 Å². The second-order valence-corrected chi connectivity index (χ2v) is 7.29. The SMILES string of the molecule is CC(C)C(CNC(=O)CCc1nc2ccccc2c(=O)[nH]1)N1CCOCC1. The average Bonchev–Trinajstić information content (AvgIpc) is 2.67. The molecule has 7 nitrogen and oxygen atoms in total. The predicted octanol–water partition coefficient (Wildman–Crippen LogP) is 1.33. The molecule has 1 aliphatic rings. The maximum Gasteiger partial charge on any atom is 0.258 e. The summed E-state index contributed by atoms with van der Waals surface area (Å²) in [4.78, 5) is 34.0. The van der Waals surface area contributed by atoms with E-state index in [0.29, 0.717) is 48.1 Å². The normalized spacial score (nSPS) is 16.6. The van der Waals surface area contributed by atoms with Crippen LogP contribution in [0.1, 0.15) is 26.1 Å². The number of carbonyl (C=O) groups excluding carboxylic acids is 1. The van der Waals surface area contributed by atoms with Crippen LogP contribution in [0, 0.1) is 5.92 Å². The van der Waals surface area contributed by atoms with Crippen molar-refractivity contribution in [1.29, 1.82) is 0 Å². The zero-order valence-electron chi connectivity index (χ0n) is 16.0. The van der Waals surface area contributed by atoms with Crippen molar-refractivity contribution in [2.24, 2.45) is 5.92 Å². The highest BCUT2D eigenvalue weighted by atomic mass is 16.5. The highest BCUT2D eigenvalue weighted by Crippen LogP contribution is 2.12. The Balaban J connectivity index is 1.54. The third kappa shape index (κ3) is 5.14. The van der Waals surface area contributed by atoms with Gasteiger partial charge in [-0.1, -0.05) is 26.0 Å². The van der Waals surface area contributed by atoms with Gasteiger partial charge in [0.15, 0.2) is 0 Å². The topological polar surface area (TPSA) is 87.3 Å². The van der Waals surface area contributed by atoms with Crippen molar-refractivity contribution in [2.75, 3.05) is 32.8 Å². The number of para-hydroxylation sites is 1. The molecule has 2 heterocycles. The smallest absolute Gasteiger partial charge is 0.258 e. The molecule has 1 atom stereocenters. The van der Waals surface area contributed by atoms with Crippen molar-refractivity contribution in [2.45, 2.75) is 32.7 Å². The minimum Gasteiger partial charge on any atom is -0.379 e. The summed E-state index contributed by atoms with van der Waals surface area (Å²) >= 11 is 0. The van der Waals surface area contributed by atoms with Crippen molar-refractivity contribution in [3.05, 3.63) is 40.4 Å². The number of carbonyl (C=O) groups is 1. The Morgan fingerprint density at radius 1 is 1.30 bits per heavy atom. The van der Waals surface area contributed by atoms with E-state index in [1.54, 1.807) is 6.07 Å². The zero-order chi connectivity index (χ0) is 19.2. The summed E-state index contributed by atoms with van der Waals surface area (Å²) < 4.78 is 5.42. The molecule has 0 radical (unpaired) electrons. The molecule has 7 heteroatoms. The van der Waals surface area contributed by atoms with Gasteiger partial charge in [0.1, 0.15) is 5.82 Å². The quantitative estimate of drug-likeness (QED) is 0.766. The number of nitrogens with zero attached hydrogens (tertiary/aromatic N) is 2. The molecule has 1 amide bonds. The molecule has 146 valence electrons. The number of aromatic nitrogens is 2. The minimum atomic E-state index is -0.164. The molecule has 1 aromatic heterocycles. The molecule has 0 saturated carbocycles. The van der Waals surface area contributed by atoms with E-state index in [1.165, 1.54) is 0 Å². The summed E-state index contributed by atoms with van der Waals surface area (Å²) in [6.45, 7) is 8.28. The van der Waals surface area contributed by atoms with Crippen molar-refractivity contribution in [1.82, 2.24) is 20.2 Å². The summed E-state index contributed by atoms with van der Waals surface area (Å²) in [6, 6.07) is 7.52. The molecular weight excluding hydrogens is 344 g/mol. The van der Waals surface area contributed by atoms with Crippen molar-refractivity contribution in [3.63, 3.8) is 0 Å². The Hall–Kier alpha value is -2.25. The minimum absolute atomic E-state index is 0.0234. The number of amides is 1. The van der Waals surface area contributed by atoms with Crippen molar-refractivity contribution >= 4 is 16.8 Å². The zero-order valence-corrected chi connectivity index (χ0v) is 16.0. The first-order valence-electron chi connectivity index (χ1n) is 9.61. The van der Waals surface area contributed by atoms with E-state index in [0.717, 1.165) is 26.3 Å². The number of fused-ring (bicyclic) bond motifs is 1. The lowest BCUT2D eigenvalue weighted by atomic mass is 10.0. The van der Waals surface area contributed by atoms with Crippen LogP contribution in [-0.4, -0.2) is 59.7 Å². The van der Waals surface area contributed by atoms with Crippen LogP contribution < -0.4 is 10.9 Å². The van der Waals surface area contributed by atoms with Gasteiger partial charge in [0, 0.05) is 38.5 Å². The van der Waals surface area contributed by atoms with E-state index < -0.39 is 0 Å². The fourth-order valence-electron chi connectivity index (χ4n) is 3.49. The van der Waals surface area contributed by atoms with Crippen LogP contribution in [0.25, 0.3) is 10.9 Å². The molecule has 1 fully saturated rings. The number of hydrogen-bond donors (Lipinski definition) is 2. The van der Waals surface area contributed by atoms with E-state index in [4.69, 9.17) is 4.74 Å². The number of nitrogens with one attached hydrogen (secondary N) is 2. The van der Waals surface area contributed by atoms with Crippen LogP contribution in [-0.2, 0) is 16.0 Å². The summed E-state index contributed by atoms with van der Waals surface area (Å²) in [6.07, 6.45) is 0.713. The molecule has 3 rings (SSSR count). The lowest BCUT2D eigenvalue weighted by Gasteiger charge is -2.36. The first-order chi connectivity index (χ1) is 13.0. The molecular formula is C20H28N4O3.